The van der Waals surface area contributed by atoms with Gasteiger partial charge in [-0.15, -0.1) is 0 Å². The molecule has 4 heterocycles. The summed E-state index contributed by atoms with van der Waals surface area (Å²) >= 11 is 0. The molecule has 0 saturated carbocycles. The van der Waals surface area contributed by atoms with E-state index in [2.05, 4.69) is 32.9 Å². The lowest BCUT2D eigenvalue weighted by atomic mass is 9.94. The summed E-state index contributed by atoms with van der Waals surface area (Å²) in [4.78, 5) is 9.32. The minimum atomic E-state index is 0.707. The fraction of sp³-hybridized carbons (Fsp3) is 0.333. The highest BCUT2D eigenvalue weighted by molar-refractivity contribution is 5.60. The predicted octanol–water partition coefficient (Wildman–Crippen LogP) is 2.94. The second-order valence-electron chi connectivity index (χ2n) is 6.00. The fourth-order valence-electron chi connectivity index (χ4n) is 3.25. The van der Waals surface area contributed by atoms with E-state index in [4.69, 9.17) is 4.98 Å². The minimum absolute atomic E-state index is 0.707. The molecule has 3 aromatic rings. The van der Waals surface area contributed by atoms with Crippen LogP contribution in [-0.4, -0.2) is 27.5 Å². The molecule has 4 rings (SSSR count). The van der Waals surface area contributed by atoms with E-state index in [9.17, 15) is 0 Å². The minimum Gasteiger partial charge on any atom is -0.316 e. The second kappa shape index (κ2) is 5.89. The maximum atomic E-state index is 4.87. The van der Waals surface area contributed by atoms with E-state index in [0.29, 0.717) is 5.92 Å². The van der Waals surface area contributed by atoms with E-state index >= 15 is 0 Å². The number of nitrogens with one attached hydrogen (secondary N) is 1. The van der Waals surface area contributed by atoms with E-state index in [1.165, 1.54) is 18.5 Å². The molecule has 0 bridgehead atoms. The lowest BCUT2D eigenvalue weighted by molar-refractivity contribution is 0.373. The number of hydrogen-bond donors (Lipinski definition) is 1. The van der Waals surface area contributed by atoms with Crippen LogP contribution in [0.5, 0.6) is 0 Å². The molecule has 0 spiro atoms. The van der Waals surface area contributed by atoms with Crippen LogP contribution in [0.1, 0.15) is 18.5 Å². The molecule has 0 aromatic carbocycles. The number of piperidine rings is 1. The molecule has 22 heavy (non-hydrogen) atoms. The van der Waals surface area contributed by atoms with Gasteiger partial charge in [0.1, 0.15) is 5.65 Å². The molecule has 112 valence electrons. The number of hydrogen-bond acceptors (Lipinski definition) is 3. The van der Waals surface area contributed by atoms with Gasteiger partial charge in [0.15, 0.2) is 0 Å². The Balaban J connectivity index is 1.63. The quantitative estimate of drug-likeness (QED) is 0.807. The first-order valence-corrected chi connectivity index (χ1v) is 7.99. The van der Waals surface area contributed by atoms with Crippen LogP contribution in [0.2, 0.25) is 0 Å². The summed E-state index contributed by atoms with van der Waals surface area (Å²) in [6.07, 6.45) is 7.57. The molecule has 1 atom stereocenters. The van der Waals surface area contributed by atoms with Gasteiger partial charge in [-0.2, -0.15) is 0 Å². The molecule has 0 aliphatic carbocycles. The SMILES string of the molecule is c1cc(C[C@H]2CCCNC2)nc(-c2cnc3ccccn23)c1. The number of aromatic nitrogens is 3. The first-order chi connectivity index (χ1) is 10.9. The van der Waals surface area contributed by atoms with Crippen LogP contribution in [0.15, 0.2) is 48.8 Å². The van der Waals surface area contributed by atoms with Crippen LogP contribution in [0.25, 0.3) is 17.0 Å². The van der Waals surface area contributed by atoms with Gasteiger partial charge in [0.25, 0.3) is 0 Å². The normalized spacial score (nSPS) is 18.6. The van der Waals surface area contributed by atoms with Gasteiger partial charge in [0.05, 0.1) is 17.6 Å². The third kappa shape index (κ3) is 2.62. The maximum Gasteiger partial charge on any atom is 0.137 e. The van der Waals surface area contributed by atoms with Crippen molar-refractivity contribution in [3.63, 3.8) is 0 Å². The summed E-state index contributed by atoms with van der Waals surface area (Å²) in [6.45, 7) is 2.27. The Hall–Kier alpha value is -2.20. The van der Waals surface area contributed by atoms with Crippen molar-refractivity contribution in [3.8, 4) is 11.4 Å². The van der Waals surface area contributed by atoms with E-state index in [1.807, 2.05) is 30.6 Å². The van der Waals surface area contributed by atoms with Crippen molar-refractivity contribution in [1.29, 1.82) is 0 Å². The zero-order valence-corrected chi connectivity index (χ0v) is 12.6. The number of nitrogens with zero attached hydrogens (tertiary/aromatic N) is 3. The molecule has 0 unspecified atom stereocenters. The molecule has 1 fully saturated rings. The summed E-state index contributed by atoms with van der Waals surface area (Å²) in [5.74, 6) is 0.707. The summed E-state index contributed by atoms with van der Waals surface area (Å²) in [5, 5.41) is 3.48. The van der Waals surface area contributed by atoms with Gasteiger partial charge in [0.2, 0.25) is 0 Å². The largest absolute Gasteiger partial charge is 0.316 e. The van der Waals surface area contributed by atoms with Gasteiger partial charge in [-0.25, -0.2) is 4.98 Å². The van der Waals surface area contributed by atoms with Crippen LogP contribution in [0.4, 0.5) is 0 Å². The van der Waals surface area contributed by atoms with Crippen molar-refractivity contribution in [2.24, 2.45) is 5.92 Å². The third-order valence-corrected chi connectivity index (χ3v) is 4.38. The number of rotatable bonds is 3. The van der Waals surface area contributed by atoms with Crippen molar-refractivity contribution in [1.82, 2.24) is 19.7 Å². The van der Waals surface area contributed by atoms with Crippen LogP contribution in [0, 0.1) is 5.92 Å². The Labute approximate surface area is 130 Å². The highest BCUT2D eigenvalue weighted by Gasteiger charge is 2.15. The molecule has 1 aliphatic heterocycles. The van der Waals surface area contributed by atoms with Gasteiger partial charge >= 0.3 is 0 Å². The van der Waals surface area contributed by atoms with E-state index in [-0.39, 0.29) is 0 Å². The second-order valence-corrected chi connectivity index (χ2v) is 6.00. The van der Waals surface area contributed by atoms with Crippen molar-refractivity contribution in [2.75, 3.05) is 13.1 Å². The average Bonchev–Trinajstić information content (AvgIpc) is 3.00. The highest BCUT2D eigenvalue weighted by Crippen LogP contribution is 2.21. The van der Waals surface area contributed by atoms with Crippen LogP contribution >= 0.6 is 0 Å². The lowest BCUT2D eigenvalue weighted by Crippen LogP contribution is -2.31. The highest BCUT2D eigenvalue weighted by atomic mass is 15.0. The molecule has 1 aliphatic rings. The number of fused-ring (bicyclic) bond motifs is 1. The van der Waals surface area contributed by atoms with Crippen molar-refractivity contribution < 1.29 is 0 Å². The van der Waals surface area contributed by atoms with Gasteiger partial charge < -0.3 is 5.32 Å². The van der Waals surface area contributed by atoms with E-state index in [1.54, 1.807) is 0 Å². The molecule has 3 aromatic heterocycles. The molecule has 4 nitrogen and oxygen atoms in total. The Morgan fingerprint density at radius 1 is 1.18 bits per heavy atom. The molecule has 4 heteroatoms. The lowest BCUT2D eigenvalue weighted by Gasteiger charge is -2.22. The Bertz CT molecular complexity index is 771. The van der Waals surface area contributed by atoms with Crippen LogP contribution in [0.3, 0.4) is 0 Å². The maximum absolute atomic E-state index is 4.87. The van der Waals surface area contributed by atoms with Gasteiger partial charge in [-0.3, -0.25) is 9.38 Å². The molecular weight excluding hydrogens is 272 g/mol. The van der Waals surface area contributed by atoms with Gasteiger partial charge in [-0.05, 0) is 62.5 Å². The molecular formula is C18H20N4. The fourth-order valence-corrected chi connectivity index (χ4v) is 3.25. The Kier molecular flexibility index (Phi) is 3.60. The Morgan fingerprint density at radius 2 is 2.18 bits per heavy atom. The first kappa shape index (κ1) is 13.5. The predicted molar refractivity (Wildman–Crippen MR) is 87.7 cm³/mol. The standard InChI is InChI=1S/C18H20N4/c1-2-10-22-17(13-20-18(22)8-1)16-7-3-6-15(21-16)11-14-5-4-9-19-12-14/h1-3,6-8,10,13-14,19H,4-5,9,11-12H2/t14-/m1/s1. The smallest absolute Gasteiger partial charge is 0.137 e. The molecule has 0 radical (unpaired) electrons. The zero-order chi connectivity index (χ0) is 14.8. The Morgan fingerprint density at radius 3 is 3.09 bits per heavy atom. The molecule has 0 amide bonds. The van der Waals surface area contributed by atoms with E-state index < -0.39 is 0 Å². The number of pyridine rings is 2. The van der Waals surface area contributed by atoms with E-state index in [0.717, 1.165) is 36.5 Å². The zero-order valence-electron chi connectivity index (χ0n) is 12.6. The monoisotopic (exact) mass is 292 g/mol. The summed E-state index contributed by atoms with van der Waals surface area (Å²) in [5.41, 5.74) is 4.19. The number of imidazole rings is 1. The molecule has 1 saturated heterocycles. The van der Waals surface area contributed by atoms with Crippen molar-refractivity contribution >= 4 is 5.65 Å². The van der Waals surface area contributed by atoms with Gasteiger partial charge in [-0.1, -0.05) is 12.1 Å². The summed E-state index contributed by atoms with van der Waals surface area (Å²) < 4.78 is 2.09. The summed E-state index contributed by atoms with van der Waals surface area (Å²) in [6, 6.07) is 12.4. The van der Waals surface area contributed by atoms with Crippen LogP contribution in [-0.2, 0) is 6.42 Å². The molecule has 1 N–H and O–H groups in total. The third-order valence-electron chi connectivity index (χ3n) is 4.38. The summed E-state index contributed by atoms with van der Waals surface area (Å²) in [7, 11) is 0. The topological polar surface area (TPSA) is 42.2 Å². The van der Waals surface area contributed by atoms with Crippen LogP contribution < -0.4 is 5.32 Å². The first-order valence-electron chi connectivity index (χ1n) is 7.99. The van der Waals surface area contributed by atoms with Gasteiger partial charge in [0, 0.05) is 11.9 Å². The average molecular weight is 292 g/mol. The van der Waals surface area contributed by atoms with Crippen molar-refractivity contribution in [2.45, 2.75) is 19.3 Å². The van der Waals surface area contributed by atoms with Crippen molar-refractivity contribution in [3.05, 3.63) is 54.5 Å².